The van der Waals surface area contributed by atoms with Crippen LogP contribution in [0.2, 0.25) is 0 Å². The van der Waals surface area contributed by atoms with Crippen molar-refractivity contribution >= 4 is 5.69 Å². The second-order valence-corrected chi connectivity index (χ2v) is 3.14. The minimum atomic E-state index is 0.229. The van der Waals surface area contributed by atoms with E-state index in [1.807, 2.05) is 30.3 Å². The minimum absolute atomic E-state index is 0.229. The molecule has 68 valence electrons. The van der Waals surface area contributed by atoms with Crippen LogP contribution in [-0.4, -0.2) is 12.6 Å². The largest absolute Gasteiger partial charge is 0.486 e. The van der Waals surface area contributed by atoms with Crippen molar-refractivity contribution in [2.75, 3.05) is 11.9 Å². The number of fused-ring (bicyclic) bond motifs is 1. The number of anilines is 1. The Kier molecular flexibility index (Phi) is 2.21. The van der Waals surface area contributed by atoms with Crippen molar-refractivity contribution < 1.29 is 4.74 Å². The second-order valence-electron chi connectivity index (χ2n) is 3.14. The van der Waals surface area contributed by atoms with Crippen molar-refractivity contribution in [1.29, 1.82) is 0 Å². The SMILES string of the molecule is C=CCC1CNc2ccccc2O1. The molecule has 1 aliphatic rings. The Balaban J connectivity index is 2.15. The lowest BCUT2D eigenvalue weighted by Gasteiger charge is -2.26. The van der Waals surface area contributed by atoms with E-state index in [1.165, 1.54) is 0 Å². The lowest BCUT2D eigenvalue weighted by molar-refractivity contribution is 0.209. The molecule has 0 saturated heterocycles. The smallest absolute Gasteiger partial charge is 0.142 e. The van der Waals surface area contributed by atoms with E-state index in [-0.39, 0.29) is 6.10 Å². The third-order valence-electron chi connectivity index (χ3n) is 2.13. The Morgan fingerprint density at radius 2 is 2.38 bits per heavy atom. The number of hydrogen-bond donors (Lipinski definition) is 1. The van der Waals surface area contributed by atoms with Gasteiger partial charge >= 0.3 is 0 Å². The molecule has 0 amide bonds. The number of nitrogens with one attached hydrogen (secondary N) is 1. The fourth-order valence-corrected chi connectivity index (χ4v) is 1.48. The Morgan fingerprint density at radius 1 is 1.54 bits per heavy atom. The summed E-state index contributed by atoms with van der Waals surface area (Å²) in [6.45, 7) is 4.57. The van der Waals surface area contributed by atoms with Gasteiger partial charge in [0.2, 0.25) is 0 Å². The number of hydrogen-bond acceptors (Lipinski definition) is 2. The first-order valence-corrected chi connectivity index (χ1v) is 4.50. The van der Waals surface area contributed by atoms with Crippen LogP contribution in [0.4, 0.5) is 5.69 Å². The van der Waals surface area contributed by atoms with Crippen LogP contribution in [0.3, 0.4) is 0 Å². The standard InChI is InChI=1S/C11H13NO/c1-2-5-9-8-12-10-6-3-4-7-11(10)13-9/h2-4,6-7,9,12H,1,5,8H2. The highest BCUT2D eigenvalue weighted by Gasteiger charge is 2.16. The van der Waals surface area contributed by atoms with E-state index >= 15 is 0 Å². The van der Waals surface area contributed by atoms with Gasteiger partial charge in [0, 0.05) is 6.42 Å². The average molecular weight is 175 g/mol. The molecule has 2 heteroatoms. The Bertz CT molecular complexity index is 309. The predicted octanol–water partition coefficient (Wildman–Crippen LogP) is 2.44. The summed E-state index contributed by atoms with van der Waals surface area (Å²) in [7, 11) is 0. The van der Waals surface area contributed by atoms with Crippen LogP contribution < -0.4 is 10.1 Å². The summed E-state index contributed by atoms with van der Waals surface area (Å²) in [5.74, 6) is 0.945. The molecule has 13 heavy (non-hydrogen) atoms. The van der Waals surface area contributed by atoms with E-state index in [9.17, 15) is 0 Å². The van der Waals surface area contributed by atoms with E-state index in [0.29, 0.717) is 0 Å². The highest BCUT2D eigenvalue weighted by atomic mass is 16.5. The lowest BCUT2D eigenvalue weighted by atomic mass is 10.2. The highest BCUT2D eigenvalue weighted by Crippen LogP contribution is 2.28. The average Bonchev–Trinajstić information content (AvgIpc) is 2.18. The van der Waals surface area contributed by atoms with Gasteiger partial charge in [-0.25, -0.2) is 0 Å². The summed E-state index contributed by atoms with van der Waals surface area (Å²) >= 11 is 0. The summed E-state index contributed by atoms with van der Waals surface area (Å²) in [6.07, 6.45) is 3.01. The van der Waals surface area contributed by atoms with E-state index < -0.39 is 0 Å². The molecular formula is C11H13NO. The Morgan fingerprint density at radius 3 is 3.23 bits per heavy atom. The lowest BCUT2D eigenvalue weighted by Crippen LogP contribution is -2.29. The minimum Gasteiger partial charge on any atom is -0.486 e. The summed E-state index contributed by atoms with van der Waals surface area (Å²) in [5, 5.41) is 3.32. The van der Waals surface area contributed by atoms with Gasteiger partial charge in [-0.05, 0) is 12.1 Å². The third-order valence-corrected chi connectivity index (χ3v) is 2.13. The van der Waals surface area contributed by atoms with Crippen LogP contribution in [0.25, 0.3) is 0 Å². The van der Waals surface area contributed by atoms with E-state index in [2.05, 4.69) is 11.9 Å². The first kappa shape index (κ1) is 8.17. The number of ether oxygens (including phenoxy) is 1. The first-order chi connectivity index (χ1) is 6.40. The van der Waals surface area contributed by atoms with Crippen molar-refractivity contribution in [3.8, 4) is 5.75 Å². The van der Waals surface area contributed by atoms with Gasteiger partial charge in [0.05, 0.1) is 12.2 Å². The van der Waals surface area contributed by atoms with Crippen molar-refractivity contribution in [2.24, 2.45) is 0 Å². The van der Waals surface area contributed by atoms with Gasteiger partial charge in [-0.1, -0.05) is 18.2 Å². The number of benzene rings is 1. The number of rotatable bonds is 2. The van der Waals surface area contributed by atoms with Crippen LogP contribution in [0, 0.1) is 0 Å². The Labute approximate surface area is 78.2 Å². The molecular weight excluding hydrogens is 162 g/mol. The molecule has 0 saturated carbocycles. The third kappa shape index (κ3) is 1.66. The predicted molar refractivity (Wildman–Crippen MR) is 54.2 cm³/mol. The molecule has 0 fully saturated rings. The molecule has 1 N–H and O–H groups in total. The van der Waals surface area contributed by atoms with E-state index in [0.717, 1.165) is 24.4 Å². The fraction of sp³-hybridized carbons (Fsp3) is 0.273. The van der Waals surface area contributed by atoms with Gasteiger partial charge < -0.3 is 10.1 Å². The normalized spacial score (nSPS) is 19.5. The van der Waals surface area contributed by atoms with Crippen molar-refractivity contribution in [3.63, 3.8) is 0 Å². The molecule has 1 aliphatic heterocycles. The molecule has 1 heterocycles. The zero-order chi connectivity index (χ0) is 9.10. The summed E-state index contributed by atoms with van der Waals surface area (Å²) in [5.41, 5.74) is 1.09. The summed E-state index contributed by atoms with van der Waals surface area (Å²) in [4.78, 5) is 0. The van der Waals surface area contributed by atoms with Crippen LogP contribution in [0.1, 0.15) is 6.42 Å². The maximum Gasteiger partial charge on any atom is 0.142 e. The summed E-state index contributed by atoms with van der Waals surface area (Å²) < 4.78 is 5.74. The Hall–Kier alpha value is -1.44. The molecule has 0 spiro atoms. The number of para-hydroxylation sites is 2. The molecule has 0 bridgehead atoms. The van der Waals surface area contributed by atoms with Crippen molar-refractivity contribution in [2.45, 2.75) is 12.5 Å². The van der Waals surface area contributed by atoms with Crippen LogP contribution in [0.5, 0.6) is 5.75 Å². The van der Waals surface area contributed by atoms with Gasteiger partial charge in [0.1, 0.15) is 11.9 Å². The molecule has 0 radical (unpaired) electrons. The zero-order valence-electron chi connectivity index (χ0n) is 7.49. The van der Waals surface area contributed by atoms with Crippen LogP contribution in [-0.2, 0) is 0 Å². The maximum atomic E-state index is 5.74. The molecule has 1 aromatic rings. The highest BCUT2D eigenvalue weighted by molar-refractivity contribution is 5.57. The van der Waals surface area contributed by atoms with Gasteiger partial charge in [-0.2, -0.15) is 0 Å². The van der Waals surface area contributed by atoms with Gasteiger partial charge in [-0.3, -0.25) is 0 Å². The molecule has 1 aromatic carbocycles. The summed E-state index contributed by atoms with van der Waals surface area (Å²) in [6, 6.07) is 8.00. The maximum absolute atomic E-state index is 5.74. The second kappa shape index (κ2) is 3.52. The topological polar surface area (TPSA) is 21.3 Å². The zero-order valence-corrected chi connectivity index (χ0v) is 7.49. The van der Waals surface area contributed by atoms with E-state index in [1.54, 1.807) is 0 Å². The van der Waals surface area contributed by atoms with Gasteiger partial charge in [-0.15, -0.1) is 6.58 Å². The van der Waals surface area contributed by atoms with Crippen LogP contribution in [0.15, 0.2) is 36.9 Å². The molecule has 1 unspecified atom stereocenters. The van der Waals surface area contributed by atoms with Crippen molar-refractivity contribution in [1.82, 2.24) is 0 Å². The molecule has 2 nitrogen and oxygen atoms in total. The molecule has 1 atom stereocenters. The van der Waals surface area contributed by atoms with Crippen LogP contribution >= 0.6 is 0 Å². The quantitative estimate of drug-likeness (QED) is 0.697. The molecule has 0 aliphatic carbocycles. The first-order valence-electron chi connectivity index (χ1n) is 4.50. The van der Waals surface area contributed by atoms with Crippen molar-refractivity contribution in [3.05, 3.63) is 36.9 Å². The monoisotopic (exact) mass is 175 g/mol. The fourth-order valence-electron chi connectivity index (χ4n) is 1.48. The molecule has 0 aromatic heterocycles. The van der Waals surface area contributed by atoms with Gasteiger partial charge in [0.15, 0.2) is 0 Å². The van der Waals surface area contributed by atoms with E-state index in [4.69, 9.17) is 4.74 Å². The van der Waals surface area contributed by atoms with Gasteiger partial charge in [0.25, 0.3) is 0 Å². The molecule has 2 rings (SSSR count).